The molecule has 1 aliphatic heterocycles. The van der Waals surface area contributed by atoms with E-state index in [2.05, 4.69) is 9.97 Å². The summed E-state index contributed by atoms with van der Waals surface area (Å²) in [7, 11) is 0. The van der Waals surface area contributed by atoms with Crippen LogP contribution in [0.5, 0.6) is 0 Å². The summed E-state index contributed by atoms with van der Waals surface area (Å²) in [4.78, 5) is 24.1. The molecule has 0 aromatic carbocycles. The predicted octanol–water partition coefficient (Wildman–Crippen LogP) is 1.91. The summed E-state index contributed by atoms with van der Waals surface area (Å²) in [6.07, 6.45) is 5.22. The number of carbonyl (C=O) groups is 1. The van der Waals surface area contributed by atoms with E-state index in [-0.39, 0.29) is 12.0 Å². The van der Waals surface area contributed by atoms with Crippen LogP contribution in [0.3, 0.4) is 0 Å². The first-order valence-electron chi connectivity index (χ1n) is 7.10. The summed E-state index contributed by atoms with van der Waals surface area (Å²) in [5, 5.41) is 0. The number of amides is 1. The Morgan fingerprint density at radius 2 is 2.14 bits per heavy atom. The lowest BCUT2D eigenvalue weighted by atomic mass is 10.1. The zero-order chi connectivity index (χ0) is 14.8. The molecule has 3 heterocycles. The van der Waals surface area contributed by atoms with Crippen molar-refractivity contribution in [2.45, 2.75) is 25.9 Å². The Kier molecular flexibility index (Phi) is 4.03. The van der Waals surface area contributed by atoms with Crippen LogP contribution in [0.4, 0.5) is 5.69 Å². The number of anilines is 1. The number of hydrogen-bond donors (Lipinski definition) is 1. The standard InChI is InChI=1S/C14H18N4O2S/c1-2-20-9-3-7-18(8-4-9)14(19)12-10(15)11-13(21-12)17-6-5-16-11/h5-6,9H,2-4,7-8,15H2,1H3. The number of nitrogens with two attached hydrogens (primary N) is 1. The normalized spacial score (nSPS) is 16.5. The van der Waals surface area contributed by atoms with E-state index in [9.17, 15) is 4.79 Å². The molecule has 0 saturated carbocycles. The quantitative estimate of drug-likeness (QED) is 0.937. The SMILES string of the molecule is CCOC1CCN(C(=O)c2sc3nccnc3c2N)CC1. The topological polar surface area (TPSA) is 81.3 Å². The number of rotatable bonds is 3. The van der Waals surface area contributed by atoms with Crippen LogP contribution in [-0.2, 0) is 4.74 Å². The van der Waals surface area contributed by atoms with Crippen LogP contribution >= 0.6 is 11.3 Å². The van der Waals surface area contributed by atoms with Crippen LogP contribution in [0.15, 0.2) is 12.4 Å². The Morgan fingerprint density at radius 3 is 2.81 bits per heavy atom. The summed E-state index contributed by atoms with van der Waals surface area (Å²) >= 11 is 1.32. The number of hydrogen-bond acceptors (Lipinski definition) is 6. The molecule has 21 heavy (non-hydrogen) atoms. The van der Waals surface area contributed by atoms with Gasteiger partial charge in [0.25, 0.3) is 5.91 Å². The molecule has 1 aliphatic rings. The average Bonchev–Trinajstić information content (AvgIpc) is 2.85. The minimum atomic E-state index is -0.0211. The average molecular weight is 306 g/mol. The van der Waals surface area contributed by atoms with E-state index in [1.165, 1.54) is 11.3 Å². The van der Waals surface area contributed by atoms with Crippen molar-refractivity contribution in [1.29, 1.82) is 0 Å². The van der Waals surface area contributed by atoms with Crippen molar-refractivity contribution < 1.29 is 9.53 Å². The lowest BCUT2D eigenvalue weighted by Crippen LogP contribution is -2.40. The fraction of sp³-hybridized carbons (Fsp3) is 0.500. The van der Waals surface area contributed by atoms with Crippen molar-refractivity contribution >= 4 is 33.3 Å². The van der Waals surface area contributed by atoms with E-state index < -0.39 is 0 Å². The smallest absolute Gasteiger partial charge is 0.266 e. The highest BCUT2D eigenvalue weighted by atomic mass is 32.1. The van der Waals surface area contributed by atoms with Crippen molar-refractivity contribution in [3.8, 4) is 0 Å². The third-order valence-electron chi connectivity index (χ3n) is 3.69. The fourth-order valence-corrected chi connectivity index (χ4v) is 3.60. The Morgan fingerprint density at radius 1 is 1.43 bits per heavy atom. The van der Waals surface area contributed by atoms with Gasteiger partial charge in [-0.2, -0.15) is 0 Å². The van der Waals surface area contributed by atoms with Crippen LogP contribution in [0.2, 0.25) is 0 Å². The molecular weight excluding hydrogens is 288 g/mol. The number of piperidine rings is 1. The molecule has 0 aliphatic carbocycles. The highest BCUT2D eigenvalue weighted by Crippen LogP contribution is 2.32. The molecule has 7 heteroatoms. The fourth-order valence-electron chi connectivity index (χ4n) is 2.61. The molecule has 112 valence electrons. The van der Waals surface area contributed by atoms with E-state index in [1.807, 2.05) is 11.8 Å². The molecule has 0 atom stereocenters. The first kappa shape index (κ1) is 14.2. The van der Waals surface area contributed by atoms with Crippen LogP contribution in [0, 0.1) is 0 Å². The summed E-state index contributed by atoms with van der Waals surface area (Å²) in [6, 6.07) is 0. The van der Waals surface area contributed by atoms with E-state index in [0.29, 0.717) is 34.0 Å². The number of carbonyl (C=O) groups excluding carboxylic acids is 1. The van der Waals surface area contributed by atoms with Gasteiger partial charge in [-0.15, -0.1) is 11.3 Å². The Balaban J connectivity index is 1.77. The largest absolute Gasteiger partial charge is 0.396 e. The van der Waals surface area contributed by atoms with Crippen molar-refractivity contribution in [1.82, 2.24) is 14.9 Å². The minimum Gasteiger partial charge on any atom is -0.396 e. The monoisotopic (exact) mass is 306 g/mol. The maximum absolute atomic E-state index is 12.6. The number of fused-ring (bicyclic) bond motifs is 1. The van der Waals surface area contributed by atoms with Gasteiger partial charge in [0.1, 0.15) is 15.2 Å². The molecule has 2 aromatic heterocycles. The van der Waals surface area contributed by atoms with Gasteiger partial charge in [-0.05, 0) is 19.8 Å². The van der Waals surface area contributed by atoms with Gasteiger partial charge in [-0.25, -0.2) is 9.97 Å². The zero-order valence-electron chi connectivity index (χ0n) is 11.9. The molecule has 0 bridgehead atoms. The lowest BCUT2D eigenvalue weighted by molar-refractivity contribution is 0.0148. The van der Waals surface area contributed by atoms with E-state index >= 15 is 0 Å². The number of nitrogens with zero attached hydrogens (tertiary/aromatic N) is 3. The maximum atomic E-state index is 12.6. The molecule has 2 N–H and O–H groups in total. The van der Waals surface area contributed by atoms with Crippen molar-refractivity contribution in [2.75, 3.05) is 25.4 Å². The van der Waals surface area contributed by atoms with Crippen molar-refractivity contribution in [3.05, 3.63) is 17.3 Å². The summed E-state index contributed by atoms with van der Waals surface area (Å²) in [5.74, 6) is -0.0211. The maximum Gasteiger partial charge on any atom is 0.266 e. The molecule has 6 nitrogen and oxygen atoms in total. The first-order valence-corrected chi connectivity index (χ1v) is 7.92. The third kappa shape index (κ3) is 2.71. The zero-order valence-corrected chi connectivity index (χ0v) is 12.7. The van der Waals surface area contributed by atoms with Gasteiger partial charge in [0, 0.05) is 32.1 Å². The lowest BCUT2D eigenvalue weighted by Gasteiger charge is -2.31. The Hall–Kier alpha value is -1.73. The van der Waals surface area contributed by atoms with Crippen molar-refractivity contribution in [3.63, 3.8) is 0 Å². The highest BCUT2D eigenvalue weighted by Gasteiger charge is 2.27. The highest BCUT2D eigenvalue weighted by molar-refractivity contribution is 7.21. The third-order valence-corrected chi connectivity index (χ3v) is 4.78. The number of thiophene rings is 1. The van der Waals surface area contributed by atoms with Crippen LogP contribution in [0.1, 0.15) is 29.4 Å². The van der Waals surface area contributed by atoms with Crippen molar-refractivity contribution in [2.24, 2.45) is 0 Å². The summed E-state index contributed by atoms with van der Waals surface area (Å²) in [5.41, 5.74) is 7.12. The Labute approximate surface area is 126 Å². The number of ether oxygens (including phenoxy) is 1. The molecule has 1 saturated heterocycles. The first-order chi connectivity index (χ1) is 10.2. The molecule has 1 amide bonds. The van der Waals surface area contributed by atoms with Gasteiger partial charge < -0.3 is 15.4 Å². The van der Waals surface area contributed by atoms with Crippen LogP contribution < -0.4 is 5.73 Å². The van der Waals surface area contributed by atoms with Gasteiger partial charge in [-0.3, -0.25) is 4.79 Å². The van der Waals surface area contributed by atoms with E-state index in [4.69, 9.17) is 10.5 Å². The summed E-state index contributed by atoms with van der Waals surface area (Å²) in [6.45, 7) is 4.13. The second kappa shape index (κ2) is 5.95. The van der Waals surface area contributed by atoms with Gasteiger partial charge in [0.05, 0.1) is 11.8 Å². The molecule has 1 fully saturated rings. The van der Waals surface area contributed by atoms with Gasteiger partial charge in [0.2, 0.25) is 0 Å². The molecule has 3 rings (SSSR count). The predicted molar refractivity (Wildman–Crippen MR) is 82.4 cm³/mol. The summed E-state index contributed by atoms with van der Waals surface area (Å²) < 4.78 is 5.61. The number of aromatic nitrogens is 2. The van der Waals surface area contributed by atoms with Gasteiger partial charge in [0.15, 0.2) is 0 Å². The number of nitrogen functional groups attached to an aromatic ring is 1. The molecule has 0 radical (unpaired) electrons. The molecule has 2 aromatic rings. The van der Waals surface area contributed by atoms with Gasteiger partial charge >= 0.3 is 0 Å². The molecule has 0 unspecified atom stereocenters. The van der Waals surface area contributed by atoms with Crippen LogP contribution in [-0.4, -0.2) is 46.6 Å². The molecular formula is C14H18N4O2S. The van der Waals surface area contributed by atoms with Gasteiger partial charge in [-0.1, -0.05) is 0 Å². The van der Waals surface area contributed by atoms with E-state index in [0.717, 1.165) is 19.4 Å². The minimum absolute atomic E-state index is 0.0211. The Bertz CT molecular complexity index is 649. The number of likely N-dealkylation sites (tertiary alicyclic amines) is 1. The second-order valence-electron chi connectivity index (χ2n) is 5.00. The molecule has 0 spiro atoms. The second-order valence-corrected chi connectivity index (χ2v) is 6.00. The van der Waals surface area contributed by atoms with E-state index in [1.54, 1.807) is 12.4 Å². The van der Waals surface area contributed by atoms with Crippen LogP contribution in [0.25, 0.3) is 10.3 Å².